The molecule has 0 N–H and O–H groups in total. The van der Waals surface area contributed by atoms with Crippen LogP contribution in [0.15, 0.2) is 11.6 Å². The second-order valence-electron chi connectivity index (χ2n) is 6.37. The minimum atomic E-state index is 0.328. The lowest BCUT2D eigenvalue weighted by atomic mass is 9.80. The summed E-state index contributed by atoms with van der Waals surface area (Å²) >= 11 is 1.85. The normalized spacial score (nSPS) is 14.3. The van der Waals surface area contributed by atoms with Crippen LogP contribution in [0.5, 0.6) is 0 Å². The van der Waals surface area contributed by atoms with Gasteiger partial charge in [0, 0.05) is 17.0 Å². The Bertz CT molecular complexity index is 320. The highest BCUT2D eigenvalue weighted by Crippen LogP contribution is 2.36. The zero-order valence-corrected chi connectivity index (χ0v) is 14.6. The molecule has 1 rings (SSSR count). The quantitative estimate of drug-likeness (QED) is 0.389. The first-order valence-corrected chi connectivity index (χ1v) is 9.51. The minimum Gasteiger partial charge on any atom is -0.249 e. The van der Waals surface area contributed by atoms with Crippen LogP contribution in [0.2, 0.25) is 0 Å². The number of nitrogens with zero attached hydrogens (tertiary/aromatic N) is 1. The van der Waals surface area contributed by atoms with Crippen LogP contribution in [0.3, 0.4) is 0 Å². The van der Waals surface area contributed by atoms with Crippen LogP contribution in [-0.4, -0.2) is 4.98 Å². The summed E-state index contributed by atoms with van der Waals surface area (Å²) in [5.41, 5.74) is 0.328. The molecular weight excluding hydrogens is 262 g/mol. The molecule has 0 fully saturated rings. The molecule has 0 bridgehead atoms. The van der Waals surface area contributed by atoms with E-state index in [4.69, 9.17) is 0 Å². The highest BCUT2D eigenvalue weighted by molar-refractivity contribution is 7.09. The van der Waals surface area contributed by atoms with Gasteiger partial charge in [0.25, 0.3) is 0 Å². The van der Waals surface area contributed by atoms with Gasteiger partial charge in [-0.25, -0.2) is 4.98 Å². The smallest absolute Gasteiger partial charge is 0.0983 e. The molecule has 1 aromatic heterocycles. The molecule has 0 saturated carbocycles. The Hall–Kier alpha value is -0.370. The van der Waals surface area contributed by atoms with Crippen molar-refractivity contribution in [3.05, 3.63) is 16.6 Å². The van der Waals surface area contributed by atoms with Crippen LogP contribution in [0, 0.1) is 0 Å². The van der Waals surface area contributed by atoms with Crippen LogP contribution < -0.4 is 0 Å². The van der Waals surface area contributed by atoms with Gasteiger partial charge < -0.3 is 0 Å². The van der Waals surface area contributed by atoms with E-state index in [9.17, 15) is 0 Å². The van der Waals surface area contributed by atoms with E-state index in [2.05, 4.69) is 31.1 Å². The Morgan fingerprint density at radius 2 is 1.45 bits per heavy atom. The molecule has 0 aliphatic heterocycles. The van der Waals surface area contributed by atoms with Gasteiger partial charge in [-0.1, -0.05) is 78.6 Å². The Labute approximate surface area is 130 Å². The van der Waals surface area contributed by atoms with Gasteiger partial charge in [0.1, 0.15) is 0 Å². The van der Waals surface area contributed by atoms with E-state index in [-0.39, 0.29) is 0 Å². The zero-order chi connectivity index (χ0) is 14.7. The molecule has 0 aliphatic carbocycles. The third-order valence-corrected chi connectivity index (χ3v) is 5.44. The van der Waals surface area contributed by atoms with Gasteiger partial charge in [-0.15, -0.1) is 11.3 Å². The third kappa shape index (κ3) is 6.39. The topological polar surface area (TPSA) is 12.9 Å². The molecule has 0 aliphatic rings. The van der Waals surface area contributed by atoms with E-state index in [0.717, 1.165) is 0 Å². The highest BCUT2D eigenvalue weighted by Gasteiger charge is 2.28. The highest BCUT2D eigenvalue weighted by atomic mass is 32.1. The predicted octanol–water partition coefficient (Wildman–Crippen LogP) is 6.73. The first-order valence-electron chi connectivity index (χ1n) is 8.63. The van der Waals surface area contributed by atoms with Gasteiger partial charge in [-0.05, 0) is 12.8 Å². The van der Waals surface area contributed by atoms with Crippen molar-refractivity contribution in [3.63, 3.8) is 0 Å². The van der Waals surface area contributed by atoms with Crippen molar-refractivity contribution in [1.82, 2.24) is 4.98 Å². The molecule has 0 aromatic carbocycles. The van der Waals surface area contributed by atoms with Crippen LogP contribution in [0.4, 0.5) is 0 Å². The summed E-state index contributed by atoms with van der Waals surface area (Å²) in [6.07, 6.45) is 16.9. The average molecular weight is 296 g/mol. The molecule has 1 aromatic rings. The molecule has 1 heterocycles. The number of rotatable bonds is 12. The van der Waals surface area contributed by atoms with Crippen molar-refractivity contribution >= 4 is 11.3 Å². The van der Waals surface area contributed by atoms with Gasteiger partial charge >= 0.3 is 0 Å². The fourth-order valence-electron chi connectivity index (χ4n) is 2.92. The summed E-state index contributed by atoms with van der Waals surface area (Å²) in [5, 5.41) is 3.50. The van der Waals surface area contributed by atoms with Gasteiger partial charge in [0.15, 0.2) is 0 Å². The summed E-state index contributed by atoms with van der Waals surface area (Å²) < 4.78 is 0. The van der Waals surface area contributed by atoms with Crippen molar-refractivity contribution in [3.8, 4) is 0 Å². The molecule has 20 heavy (non-hydrogen) atoms. The van der Waals surface area contributed by atoms with Crippen molar-refractivity contribution in [2.75, 3.05) is 0 Å². The molecule has 0 spiro atoms. The van der Waals surface area contributed by atoms with E-state index in [1.807, 2.05) is 17.5 Å². The number of hydrogen-bond donors (Lipinski definition) is 0. The maximum atomic E-state index is 4.62. The first-order chi connectivity index (χ1) is 9.73. The SMILES string of the molecule is CCCCCCCC(C)(CCCCCC)c1nccs1. The fraction of sp³-hybridized carbons (Fsp3) is 0.833. The summed E-state index contributed by atoms with van der Waals surface area (Å²) in [5.74, 6) is 0. The van der Waals surface area contributed by atoms with Crippen LogP contribution in [0.1, 0.15) is 96.4 Å². The molecule has 1 nitrogen and oxygen atoms in total. The molecule has 0 saturated heterocycles. The molecule has 0 amide bonds. The summed E-state index contributed by atoms with van der Waals surface area (Å²) in [6.45, 7) is 7.01. The van der Waals surface area contributed by atoms with Crippen molar-refractivity contribution in [2.24, 2.45) is 0 Å². The summed E-state index contributed by atoms with van der Waals surface area (Å²) in [4.78, 5) is 4.62. The van der Waals surface area contributed by atoms with Crippen LogP contribution >= 0.6 is 11.3 Å². The Morgan fingerprint density at radius 1 is 0.900 bits per heavy atom. The predicted molar refractivity (Wildman–Crippen MR) is 91.6 cm³/mol. The average Bonchev–Trinajstić information content (AvgIpc) is 2.98. The maximum Gasteiger partial charge on any atom is 0.0983 e. The zero-order valence-electron chi connectivity index (χ0n) is 13.8. The molecule has 0 radical (unpaired) electrons. The van der Waals surface area contributed by atoms with Crippen molar-refractivity contribution in [1.29, 1.82) is 0 Å². The second kappa shape index (κ2) is 10.4. The molecule has 2 heteroatoms. The number of hydrogen-bond acceptors (Lipinski definition) is 2. The standard InChI is InChI=1S/C18H33NS/c1-4-6-8-10-12-14-18(3,13-11-9-7-5-2)17-19-15-16-20-17/h15-16H,4-14H2,1-3H3. The lowest BCUT2D eigenvalue weighted by Gasteiger charge is -2.27. The van der Waals surface area contributed by atoms with Gasteiger partial charge in [0.05, 0.1) is 5.01 Å². The van der Waals surface area contributed by atoms with E-state index < -0.39 is 0 Å². The van der Waals surface area contributed by atoms with Crippen LogP contribution in [0.25, 0.3) is 0 Å². The number of thiazole rings is 1. The summed E-state index contributed by atoms with van der Waals surface area (Å²) in [6, 6.07) is 0. The number of aromatic nitrogens is 1. The van der Waals surface area contributed by atoms with Gasteiger partial charge in [-0.2, -0.15) is 0 Å². The van der Waals surface area contributed by atoms with Gasteiger partial charge in [-0.3, -0.25) is 0 Å². The first kappa shape index (κ1) is 17.7. The molecule has 1 atom stereocenters. The summed E-state index contributed by atoms with van der Waals surface area (Å²) in [7, 11) is 0. The lowest BCUT2D eigenvalue weighted by molar-refractivity contribution is 0.362. The van der Waals surface area contributed by atoms with E-state index in [1.165, 1.54) is 75.6 Å². The lowest BCUT2D eigenvalue weighted by Crippen LogP contribution is -2.21. The Kier molecular flexibility index (Phi) is 9.17. The van der Waals surface area contributed by atoms with E-state index in [1.54, 1.807) is 0 Å². The fourth-order valence-corrected chi connectivity index (χ4v) is 3.78. The largest absolute Gasteiger partial charge is 0.249 e. The molecule has 116 valence electrons. The van der Waals surface area contributed by atoms with Crippen molar-refractivity contribution in [2.45, 2.75) is 96.8 Å². The number of unbranched alkanes of at least 4 members (excludes halogenated alkanes) is 7. The monoisotopic (exact) mass is 295 g/mol. The Balaban J connectivity index is 2.43. The van der Waals surface area contributed by atoms with Crippen molar-refractivity contribution < 1.29 is 0 Å². The van der Waals surface area contributed by atoms with Crippen LogP contribution in [-0.2, 0) is 5.41 Å². The minimum absolute atomic E-state index is 0.328. The second-order valence-corrected chi connectivity index (χ2v) is 7.27. The van der Waals surface area contributed by atoms with E-state index in [0.29, 0.717) is 5.41 Å². The van der Waals surface area contributed by atoms with Gasteiger partial charge in [0.2, 0.25) is 0 Å². The van der Waals surface area contributed by atoms with E-state index >= 15 is 0 Å². The maximum absolute atomic E-state index is 4.62. The Morgan fingerprint density at radius 3 is 1.95 bits per heavy atom. The molecule has 1 unspecified atom stereocenters. The third-order valence-electron chi connectivity index (χ3n) is 4.36. The molecular formula is C18H33NS.